The molecule has 0 atom stereocenters. The van der Waals surface area contributed by atoms with Gasteiger partial charge in [0, 0.05) is 12.8 Å². The van der Waals surface area contributed by atoms with Crippen molar-refractivity contribution < 1.29 is 14.7 Å². The Morgan fingerprint density at radius 1 is 1.07 bits per heavy atom. The summed E-state index contributed by atoms with van der Waals surface area (Å²) in [4.78, 5) is 1.38. The molecule has 0 unspecified atom stereocenters. The molecule has 4 rings (SSSR count). The highest BCUT2D eigenvalue weighted by Crippen LogP contribution is 2.30. The number of aliphatic hydroxyl groups is 1. The zero-order valence-electron chi connectivity index (χ0n) is 15.4. The van der Waals surface area contributed by atoms with Crippen LogP contribution in [0.1, 0.15) is 24.2 Å². The fraction of sp³-hybridized carbons (Fsp3) is 0.350. The normalized spacial score (nSPS) is 22.5. The molecule has 0 aliphatic carbocycles. The lowest BCUT2D eigenvalue weighted by Crippen LogP contribution is -3.12. The molecule has 3 aromatic rings. The second kappa shape index (κ2) is 7.46. The zero-order chi connectivity index (χ0) is 18.7. The molecule has 0 radical (unpaired) electrons. The number of tetrazole rings is 1. The second-order valence-electron chi connectivity index (χ2n) is 7.03. The van der Waals surface area contributed by atoms with Crippen LogP contribution in [0.15, 0.2) is 54.6 Å². The first kappa shape index (κ1) is 17.6. The number of nitrogens with one attached hydrogen (secondary N) is 1. The van der Waals surface area contributed by atoms with Gasteiger partial charge in [-0.2, -0.15) is 4.68 Å². The first-order chi connectivity index (χ1) is 13.2. The van der Waals surface area contributed by atoms with Gasteiger partial charge in [-0.05, 0) is 40.3 Å². The lowest BCUT2D eigenvalue weighted by atomic mass is 9.84. The predicted molar refractivity (Wildman–Crippen MR) is 99.7 cm³/mol. The molecule has 0 amide bonds. The van der Waals surface area contributed by atoms with Crippen LogP contribution in [0.3, 0.4) is 0 Å². The summed E-state index contributed by atoms with van der Waals surface area (Å²) >= 11 is 0. The monoisotopic (exact) mass is 366 g/mol. The number of rotatable bonds is 5. The number of para-hydroxylation sites is 1. The number of benzene rings is 2. The quantitative estimate of drug-likeness (QED) is 0.696. The van der Waals surface area contributed by atoms with Gasteiger partial charge in [0.15, 0.2) is 0 Å². The minimum absolute atomic E-state index is 0.710. The largest absolute Gasteiger partial charge is 0.497 e. The van der Waals surface area contributed by atoms with E-state index in [4.69, 9.17) is 4.74 Å². The maximum absolute atomic E-state index is 11.1. The molecule has 7 nitrogen and oxygen atoms in total. The molecule has 0 bridgehead atoms. The van der Waals surface area contributed by atoms with Crippen LogP contribution in [0.2, 0.25) is 0 Å². The van der Waals surface area contributed by atoms with Gasteiger partial charge in [-0.25, -0.2) is 0 Å². The highest BCUT2D eigenvalue weighted by molar-refractivity contribution is 5.31. The molecule has 0 saturated carbocycles. The fourth-order valence-corrected chi connectivity index (χ4v) is 3.69. The van der Waals surface area contributed by atoms with Gasteiger partial charge >= 0.3 is 0 Å². The second-order valence-corrected chi connectivity index (χ2v) is 7.03. The topological polar surface area (TPSA) is 77.5 Å². The van der Waals surface area contributed by atoms with Crippen LogP contribution in [0.25, 0.3) is 5.69 Å². The molecule has 1 saturated heterocycles. The number of aromatic nitrogens is 4. The Balaban J connectivity index is 1.42. The minimum Gasteiger partial charge on any atom is -0.497 e. The van der Waals surface area contributed by atoms with Gasteiger partial charge < -0.3 is 14.7 Å². The minimum atomic E-state index is -0.777. The van der Waals surface area contributed by atoms with E-state index in [9.17, 15) is 5.11 Å². The summed E-state index contributed by atoms with van der Waals surface area (Å²) < 4.78 is 7.00. The van der Waals surface area contributed by atoms with E-state index in [-0.39, 0.29) is 0 Å². The Hall–Kier alpha value is -2.77. The van der Waals surface area contributed by atoms with E-state index >= 15 is 0 Å². The van der Waals surface area contributed by atoms with Crippen LogP contribution >= 0.6 is 0 Å². The van der Waals surface area contributed by atoms with Crippen molar-refractivity contribution in [2.45, 2.75) is 25.0 Å². The summed E-state index contributed by atoms with van der Waals surface area (Å²) in [6.45, 7) is 2.47. The Kier molecular flexibility index (Phi) is 4.87. The first-order valence-corrected chi connectivity index (χ1v) is 9.21. The van der Waals surface area contributed by atoms with Gasteiger partial charge in [0.2, 0.25) is 5.82 Å². The Morgan fingerprint density at radius 3 is 2.44 bits per heavy atom. The number of quaternary nitrogens is 1. The number of hydrogen-bond donors (Lipinski definition) is 2. The van der Waals surface area contributed by atoms with Crippen molar-refractivity contribution in [2.24, 2.45) is 0 Å². The molecule has 27 heavy (non-hydrogen) atoms. The molecular formula is C20H24N5O2+. The molecule has 1 aromatic heterocycles. The van der Waals surface area contributed by atoms with Crippen LogP contribution < -0.4 is 9.64 Å². The smallest absolute Gasteiger partial charge is 0.210 e. The summed E-state index contributed by atoms with van der Waals surface area (Å²) in [5, 5.41) is 23.3. The van der Waals surface area contributed by atoms with E-state index in [1.54, 1.807) is 11.8 Å². The van der Waals surface area contributed by atoms with Gasteiger partial charge in [-0.15, -0.1) is 5.10 Å². The van der Waals surface area contributed by atoms with Crippen molar-refractivity contribution in [3.63, 3.8) is 0 Å². The average Bonchev–Trinajstić information content (AvgIpc) is 3.19. The van der Waals surface area contributed by atoms with Crippen LogP contribution in [0, 0.1) is 0 Å². The number of likely N-dealkylation sites (tertiary alicyclic amines) is 1. The summed E-state index contributed by atoms with van der Waals surface area (Å²) in [6.07, 6.45) is 1.42. The van der Waals surface area contributed by atoms with Crippen LogP contribution in [-0.2, 0) is 12.1 Å². The van der Waals surface area contributed by atoms with Gasteiger partial charge in [0.05, 0.1) is 25.9 Å². The van der Waals surface area contributed by atoms with E-state index in [0.29, 0.717) is 12.8 Å². The van der Waals surface area contributed by atoms with E-state index in [1.165, 1.54) is 4.90 Å². The molecule has 1 aliphatic heterocycles. The van der Waals surface area contributed by atoms with Crippen molar-refractivity contribution in [1.29, 1.82) is 0 Å². The predicted octanol–water partition coefficient (Wildman–Crippen LogP) is 0.737. The Bertz CT molecular complexity index is 871. The number of hydrogen-bond acceptors (Lipinski definition) is 5. The standard InChI is InChI=1S/C20H23N5O2/c1-27-18-9-7-16(8-10-18)20(26)11-13-24(14-12-20)15-19-21-22-23-25(19)17-5-3-2-4-6-17/h2-10,26H,11-15H2,1H3/p+1. The molecular weight excluding hydrogens is 342 g/mol. The number of piperidine rings is 1. The first-order valence-electron chi connectivity index (χ1n) is 9.21. The van der Waals surface area contributed by atoms with Crippen LogP contribution in [-0.4, -0.2) is 45.5 Å². The van der Waals surface area contributed by atoms with E-state index in [1.807, 2.05) is 54.6 Å². The molecule has 140 valence electrons. The molecule has 0 spiro atoms. The number of nitrogens with zero attached hydrogens (tertiary/aromatic N) is 4. The molecule has 1 aliphatic rings. The lowest BCUT2D eigenvalue weighted by molar-refractivity contribution is -0.922. The number of ether oxygens (including phenoxy) is 1. The van der Waals surface area contributed by atoms with Crippen molar-refractivity contribution >= 4 is 0 Å². The van der Waals surface area contributed by atoms with E-state index in [2.05, 4.69) is 15.5 Å². The van der Waals surface area contributed by atoms with Crippen molar-refractivity contribution in [3.8, 4) is 11.4 Å². The summed E-state index contributed by atoms with van der Waals surface area (Å²) in [6, 6.07) is 17.6. The van der Waals surface area contributed by atoms with Crippen LogP contribution in [0.4, 0.5) is 0 Å². The fourth-order valence-electron chi connectivity index (χ4n) is 3.69. The summed E-state index contributed by atoms with van der Waals surface area (Å²) in [5.74, 6) is 1.64. The van der Waals surface area contributed by atoms with Gasteiger partial charge in [-0.1, -0.05) is 30.3 Å². The van der Waals surface area contributed by atoms with E-state index in [0.717, 1.165) is 42.5 Å². The molecule has 2 aromatic carbocycles. The zero-order valence-corrected chi connectivity index (χ0v) is 15.4. The lowest BCUT2D eigenvalue weighted by Gasteiger charge is -2.36. The van der Waals surface area contributed by atoms with Gasteiger partial charge in [-0.3, -0.25) is 0 Å². The molecule has 1 fully saturated rings. The third-order valence-electron chi connectivity index (χ3n) is 5.35. The Labute approximate surface area is 158 Å². The SMILES string of the molecule is COc1ccc(C2(O)CC[NH+](Cc3nnnn3-c3ccccc3)CC2)cc1. The van der Waals surface area contributed by atoms with E-state index < -0.39 is 5.60 Å². The maximum atomic E-state index is 11.1. The van der Waals surface area contributed by atoms with Crippen molar-refractivity contribution in [3.05, 3.63) is 66.0 Å². The van der Waals surface area contributed by atoms with Gasteiger partial charge in [0.25, 0.3) is 0 Å². The van der Waals surface area contributed by atoms with Crippen molar-refractivity contribution in [1.82, 2.24) is 20.2 Å². The highest BCUT2D eigenvalue weighted by atomic mass is 16.5. The average molecular weight is 366 g/mol. The van der Waals surface area contributed by atoms with Crippen LogP contribution in [0.5, 0.6) is 5.75 Å². The molecule has 2 N–H and O–H groups in total. The van der Waals surface area contributed by atoms with Gasteiger partial charge in [0.1, 0.15) is 17.9 Å². The molecule has 2 heterocycles. The number of methoxy groups -OCH3 is 1. The highest BCUT2D eigenvalue weighted by Gasteiger charge is 2.36. The van der Waals surface area contributed by atoms with Crippen molar-refractivity contribution in [2.75, 3.05) is 20.2 Å². The Morgan fingerprint density at radius 2 is 1.78 bits per heavy atom. The maximum Gasteiger partial charge on any atom is 0.210 e. The summed E-state index contributed by atoms with van der Waals surface area (Å²) in [7, 11) is 1.65. The molecule has 7 heteroatoms. The third kappa shape index (κ3) is 3.70. The third-order valence-corrected chi connectivity index (χ3v) is 5.35. The summed E-state index contributed by atoms with van der Waals surface area (Å²) in [5.41, 5.74) is 1.14.